The Morgan fingerprint density at radius 2 is 1.80 bits per heavy atom. The van der Waals surface area contributed by atoms with Gasteiger partial charge in [-0.3, -0.25) is 4.79 Å². The molecule has 2 N–H and O–H groups in total. The number of hydrogen-bond donors (Lipinski definition) is 2. The number of hydrogen-bond acceptors (Lipinski definition) is 3. The van der Waals surface area contributed by atoms with Crippen LogP contribution in [0.3, 0.4) is 0 Å². The Morgan fingerprint density at radius 3 is 2.30 bits per heavy atom. The van der Waals surface area contributed by atoms with Crippen molar-refractivity contribution in [2.45, 2.75) is 44.6 Å². The van der Waals surface area contributed by atoms with Crippen molar-refractivity contribution in [1.82, 2.24) is 10.0 Å². The minimum absolute atomic E-state index is 0.00403. The second-order valence-corrected chi connectivity index (χ2v) is 6.63. The lowest BCUT2D eigenvalue weighted by Crippen LogP contribution is -2.30. The van der Waals surface area contributed by atoms with Crippen LogP contribution in [0.2, 0.25) is 0 Å². The fraction of sp³-hybridized carbons (Fsp3) is 0.500. The molecule has 0 radical (unpaired) electrons. The van der Waals surface area contributed by atoms with Gasteiger partial charge in [-0.15, -0.1) is 0 Å². The van der Waals surface area contributed by atoms with E-state index in [2.05, 4.69) is 10.0 Å². The van der Waals surface area contributed by atoms with E-state index in [1.807, 2.05) is 13.8 Å². The molecule has 20 heavy (non-hydrogen) atoms. The molecule has 0 bridgehead atoms. The van der Waals surface area contributed by atoms with Crippen molar-refractivity contribution in [2.24, 2.45) is 0 Å². The van der Waals surface area contributed by atoms with E-state index in [1.54, 1.807) is 31.2 Å². The van der Waals surface area contributed by atoms with Gasteiger partial charge >= 0.3 is 0 Å². The number of rotatable bonds is 7. The molecule has 0 saturated heterocycles. The van der Waals surface area contributed by atoms with Gasteiger partial charge in [-0.05, 0) is 38.0 Å². The summed E-state index contributed by atoms with van der Waals surface area (Å²) in [6.07, 6.45) is 0.998. The normalized spacial score (nSPS) is 11.6. The van der Waals surface area contributed by atoms with Crippen LogP contribution in [0.1, 0.15) is 32.8 Å². The van der Waals surface area contributed by atoms with Crippen molar-refractivity contribution in [3.05, 3.63) is 29.8 Å². The average Bonchev–Trinajstić information content (AvgIpc) is 2.36. The van der Waals surface area contributed by atoms with Crippen molar-refractivity contribution < 1.29 is 13.2 Å². The molecule has 1 aromatic carbocycles. The maximum atomic E-state index is 11.8. The summed E-state index contributed by atoms with van der Waals surface area (Å²) in [6, 6.07) is 6.75. The number of amides is 1. The van der Waals surface area contributed by atoms with Crippen LogP contribution >= 0.6 is 0 Å². The molecule has 1 amide bonds. The standard InChI is InChI=1S/C14H22N2O3S/c1-4-15-20(18,19)13-8-5-12(6-9-13)7-10-14(17)16-11(2)3/h5-6,8-9,11,15H,4,7,10H2,1-3H3,(H,16,17). The zero-order chi connectivity index (χ0) is 15.2. The van der Waals surface area contributed by atoms with Gasteiger partial charge in [-0.25, -0.2) is 13.1 Å². The Balaban J connectivity index is 2.61. The highest BCUT2D eigenvalue weighted by Gasteiger charge is 2.12. The molecule has 6 heteroatoms. The summed E-state index contributed by atoms with van der Waals surface area (Å²) in [5.74, 6) is 0.00403. The van der Waals surface area contributed by atoms with E-state index >= 15 is 0 Å². The topological polar surface area (TPSA) is 75.3 Å². The summed E-state index contributed by atoms with van der Waals surface area (Å²) in [5.41, 5.74) is 0.944. The molecule has 5 nitrogen and oxygen atoms in total. The Labute approximate surface area is 120 Å². The highest BCUT2D eigenvalue weighted by molar-refractivity contribution is 7.89. The molecule has 1 rings (SSSR count). The van der Waals surface area contributed by atoms with Gasteiger partial charge in [0.05, 0.1) is 4.90 Å². The SMILES string of the molecule is CCNS(=O)(=O)c1ccc(CCC(=O)NC(C)C)cc1. The van der Waals surface area contributed by atoms with Crippen LogP contribution in [0.25, 0.3) is 0 Å². The summed E-state index contributed by atoms with van der Waals surface area (Å²) >= 11 is 0. The van der Waals surface area contributed by atoms with Crippen molar-refractivity contribution in [2.75, 3.05) is 6.54 Å². The third-order valence-corrected chi connectivity index (χ3v) is 4.22. The fourth-order valence-electron chi connectivity index (χ4n) is 1.76. The third kappa shape index (κ3) is 5.30. The lowest BCUT2D eigenvalue weighted by atomic mass is 10.1. The summed E-state index contributed by atoms with van der Waals surface area (Å²) in [6.45, 7) is 5.93. The van der Waals surface area contributed by atoms with Crippen LogP contribution in [0, 0.1) is 0 Å². The van der Waals surface area contributed by atoms with E-state index in [-0.39, 0.29) is 16.8 Å². The molecule has 0 spiro atoms. The Bertz CT molecular complexity index is 536. The number of aryl methyl sites for hydroxylation is 1. The highest BCUT2D eigenvalue weighted by atomic mass is 32.2. The maximum absolute atomic E-state index is 11.8. The average molecular weight is 298 g/mol. The van der Waals surface area contributed by atoms with Gasteiger partial charge in [0.25, 0.3) is 0 Å². The number of carbonyl (C=O) groups excluding carboxylic acids is 1. The van der Waals surface area contributed by atoms with E-state index in [9.17, 15) is 13.2 Å². The van der Waals surface area contributed by atoms with Crippen molar-refractivity contribution in [3.8, 4) is 0 Å². The molecule has 0 atom stereocenters. The monoisotopic (exact) mass is 298 g/mol. The summed E-state index contributed by atoms with van der Waals surface area (Å²) in [7, 11) is -3.40. The van der Waals surface area contributed by atoms with Gasteiger partial charge in [0.1, 0.15) is 0 Å². The highest BCUT2D eigenvalue weighted by Crippen LogP contribution is 2.11. The summed E-state index contributed by atoms with van der Waals surface area (Å²) < 4.78 is 25.9. The second kappa shape index (κ2) is 7.40. The molecule has 0 saturated carbocycles. The number of benzene rings is 1. The Hall–Kier alpha value is -1.40. The van der Waals surface area contributed by atoms with Gasteiger partial charge in [0.2, 0.25) is 15.9 Å². The number of sulfonamides is 1. The first-order valence-electron chi connectivity index (χ1n) is 6.73. The van der Waals surface area contributed by atoms with Crippen LogP contribution in [-0.4, -0.2) is 26.9 Å². The molecule has 1 aromatic rings. The van der Waals surface area contributed by atoms with Gasteiger partial charge in [-0.1, -0.05) is 19.1 Å². The smallest absolute Gasteiger partial charge is 0.240 e. The number of carbonyl (C=O) groups is 1. The van der Waals surface area contributed by atoms with Crippen LogP contribution < -0.4 is 10.0 Å². The molecule has 0 unspecified atom stereocenters. The first kappa shape index (κ1) is 16.7. The Morgan fingerprint density at radius 1 is 1.20 bits per heavy atom. The summed E-state index contributed by atoms with van der Waals surface area (Å²) in [4.78, 5) is 11.8. The zero-order valence-electron chi connectivity index (χ0n) is 12.1. The minimum atomic E-state index is -3.40. The lowest BCUT2D eigenvalue weighted by Gasteiger charge is -2.08. The molecular weight excluding hydrogens is 276 g/mol. The first-order valence-corrected chi connectivity index (χ1v) is 8.21. The number of nitrogens with one attached hydrogen (secondary N) is 2. The van der Waals surface area contributed by atoms with Crippen LogP contribution in [0.5, 0.6) is 0 Å². The van der Waals surface area contributed by atoms with Crippen LogP contribution in [-0.2, 0) is 21.2 Å². The molecule has 112 valence electrons. The Kier molecular flexibility index (Phi) is 6.16. The molecule has 0 aliphatic rings. The van der Waals surface area contributed by atoms with E-state index in [0.717, 1.165) is 5.56 Å². The van der Waals surface area contributed by atoms with Gasteiger partial charge in [0, 0.05) is 19.0 Å². The second-order valence-electron chi connectivity index (χ2n) is 4.87. The first-order chi connectivity index (χ1) is 9.35. The molecule has 0 aromatic heterocycles. The minimum Gasteiger partial charge on any atom is -0.354 e. The van der Waals surface area contributed by atoms with Crippen LogP contribution in [0.15, 0.2) is 29.2 Å². The van der Waals surface area contributed by atoms with E-state index < -0.39 is 10.0 Å². The van der Waals surface area contributed by atoms with Gasteiger partial charge in [-0.2, -0.15) is 0 Å². The summed E-state index contributed by atoms with van der Waals surface area (Å²) in [5, 5.41) is 2.82. The predicted octanol–water partition coefficient (Wildman–Crippen LogP) is 1.44. The fourth-order valence-corrected chi connectivity index (χ4v) is 2.80. The maximum Gasteiger partial charge on any atom is 0.240 e. The lowest BCUT2D eigenvalue weighted by molar-refractivity contribution is -0.121. The van der Waals surface area contributed by atoms with Gasteiger partial charge in [0.15, 0.2) is 0 Å². The van der Waals surface area contributed by atoms with E-state index in [4.69, 9.17) is 0 Å². The third-order valence-electron chi connectivity index (χ3n) is 2.66. The quantitative estimate of drug-likeness (QED) is 0.800. The molecule has 0 aliphatic carbocycles. The predicted molar refractivity (Wildman–Crippen MR) is 78.9 cm³/mol. The van der Waals surface area contributed by atoms with Crippen molar-refractivity contribution >= 4 is 15.9 Å². The largest absolute Gasteiger partial charge is 0.354 e. The van der Waals surface area contributed by atoms with E-state index in [0.29, 0.717) is 19.4 Å². The van der Waals surface area contributed by atoms with Crippen molar-refractivity contribution in [1.29, 1.82) is 0 Å². The molecular formula is C14H22N2O3S. The van der Waals surface area contributed by atoms with Crippen molar-refractivity contribution in [3.63, 3.8) is 0 Å². The molecule has 0 heterocycles. The van der Waals surface area contributed by atoms with E-state index in [1.165, 1.54) is 0 Å². The van der Waals surface area contributed by atoms with Crippen LogP contribution in [0.4, 0.5) is 0 Å². The van der Waals surface area contributed by atoms with Gasteiger partial charge < -0.3 is 5.32 Å². The zero-order valence-corrected chi connectivity index (χ0v) is 13.0. The molecule has 0 aliphatic heterocycles. The molecule has 0 fully saturated rings.